The standard InChI is InChI=1S/C13H16N4O2S/c1-9-6-10(2)8-11(7-9)17-20(18,19)13-12(16-14)4-3-5-15-13/h3-8,16-17H,14H2,1-2H3. The third-order valence-corrected chi connectivity index (χ3v) is 3.99. The van der Waals surface area contributed by atoms with Gasteiger partial charge in [-0.15, -0.1) is 0 Å². The van der Waals surface area contributed by atoms with Crippen LogP contribution in [-0.4, -0.2) is 13.4 Å². The van der Waals surface area contributed by atoms with Crippen molar-refractivity contribution in [1.82, 2.24) is 4.98 Å². The normalized spacial score (nSPS) is 11.2. The van der Waals surface area contributed by atoms with E-state index in [0.29, 0.717) is 5.69 Å². The molecule has 1 heterocycles. The van der Waals surface area contributed by atoms with Crippen molar-refractivity contribution in [3.63, 3.8) is 0 Å². The van der Waals surface area contributed by atoms with Gasteiger partial charge in [0.05, 0.1) is 5.69 Å². The number of rotatable bonds is 4. The average molecular weight is 292 g/mol. The molecule has 1 aromatic heterocycles. The fourth-order valence-corrected chi connectivity index (χ4v) is 3.09. The summed E-state index contributed by atoms with van der Waals surface area (Å²) in [6.07, 6.45) is 1.40. The maximum absolute atomic E-state index is 12.3. The Bertz CT molecular complexity index is 709. The van der Waals surface area contributed by atoms with Crippen LogP contribution in [0.15, 0.2) is 41.6 Å². The summed E-state index contributed by atoms with van der Waals surface area (Å²) in [5.74, 6) is 5.31. The van der Waals surface area contributed by atoms with Crippen LogP contribution in [0.2, 0.25) is 0 Å². The molecule has 2 rings (SSSR count). The van der Waals surface area contributed by atoms with Gasteiger partial charge in [-0.3, -0.25) is 10.6 Å². The van der Waals surface area contributed by atoms with E-state index < -0.39 is 10.0 Å². The highest BCUT2D eigenvalue weighted by molar-refractivity contribution is 7.92. The van der Waals surface area contributed by atoms with Gasteiger partial charge in [0.15, 0.2) is 0 Å². The molecule has 0 bridgehead atoms. The van der Waals surface area contributed by atoms with E-state index in [1.54, 1.807) is 24.3 Å². The first-order chi connectivity index (χ1) is 9.42. The van der Waals surface area contributed by atoms with Crippen molar-refractivity contribution in [1.29, 1.82) is 0 Å². The Hall–Kier alpha value is -2.12. The summed E-state index contributed by atoms with van der Waals surface area (Å²) in [6.45, 7) is 3.80. The van der Waals surface area contributed by atoms with E-state index in [1.165, 1.54) is 6.20 Å². The Kier molecular flexibility index (Phi) is 3.91. The van der Waals surface area contributed by atoms with E-state index in [-0.39, 0.29) is 10.7 Å². The van der Waals surface area contributed by atoms with Crippen LogP contribution in [0.5, 0.6) is 0 Å². The molecule has 0 amide bonds. The van der Waals surface area contributed by atoms with Gasteiger partial charge < -0.3 is 5.43 Å². The Balaban J connectivity index is 2.41. The molecule has 1 aromatic carbocycles. The van der Waals surface area contributed by atoms with Gasteiger partial charge in [0.25, 0.3) is 10.0 Å². The number of hydrazine groups is 1. The minimum absolute atomic E-state index is 0.137. The second kappa shape index (κ2) is 5.48. The number of nitrogen functional groups attached to an aromatic ring is 1. The van der Waals surface area contributed by atoms with Crippen LogP contribution in [0.1, 0.15) is 11.1 Å². The molecule has 0 atom stereocenters. The molecule has 0 saturated heterocycles. The molecule has 20 heavy (non-hydrogen) atoms. The third kappa shape index (κ3) is 3.06. The van der Waals surface area contributed by atoms with Gasteiger partial charge >= 0.3 is 0 Å². The molecule has 106 valence electrons. The minimum Gasteiger partial charge on any atom is -0.321 e. The fourth-order valence-electron chi connectivity index (χ4n) is 1.95. The number of anilines is 2. The number of nitrogens with two attached hydrogens (primary N) is 1. The largest absolute Gasteiger partial charge is 0.321 e. The lowest BCUT2D eigenvalue weighted by Crippen LogP contribution is -2.19. The van der Waals surface area contributed by atoms with Crippen molar-refractivity contribution in [3.05, 3.63) is 47.7 Å². The van der Waals surface area contributed by atoms with E-state index >= 15 is 0 Å². The van der Waals surface area contributed by atoms with Crippen LogP contribution in [0.25, 0.3) is 0 Å². The van der Waals surface area contributed by atoms with E-state index in [9.17, 15) is 8.42 Å². The Morgan fingerprint density at radius 3 is 2.40 bits per heavy atom. The number of benzene rings is 1. The first-order valence-corrected chi connectivity index (χ1v) is 7.43. The van der Waals surface area contributed by atoms with Crippen LogP contribution >= 0.6 is 0 Å². The van der Waals surface area contributed by atoms with E-state index in [2.05, 4.69) is 15.1 Å². The molecule has 4 N–H and O–H groups in total. The molecule has 0 fully saturated rings. The zero-order chi connectivity index (χ0) is 14.8. The number of aryl methyl sites for hydroxylation is 2. The summed E-state index contributed by atoms with van der Waals surface area (Å²) in [4.78, 5) is 3.87. The predicted octanol–water partition coefficient (Wildman–Crippen LogP) is 1.78. The van der Waals surface area contributed by atoms with Gasteiger partial charge in [-0.05, 0) is 49.2 Å². The number of sulfonamides is 1. The Morgan fingerprint density at radius 2 is 1.80 bits per heavy atom. The summed E-state index contributed by atoms with van der Waals surface area (Å²) in [6, 6.07) is 8.62. The number of aromatic nitrogens is 1. The number of nitrogens with one attached hydrogen (secondary N) is 2. The Morgan fingerprint density at radius 1 is 1.15 bits per heavy atom. The first-order valence-electron chi connectivity index (χ1n) is 5.95. The van der Waals surface area contributed by atoms with Gasteiger partial charge in [-0.25, -0.2) is 4.98 Å². The van der Waals surface area contributed by atoms with Gasteiger partial charge in [0, 0.05) is 11.9 Å². The zero-order valence-corrected chi connectivity index (χ0v) is 12.0. The van der Waals surface area contributed by atoms with Crippen LogP contribution in [0.4, 0.5) is 11.4 Å². The summed E-state index contributed by atoms with van der Waals surface area (Å²) >= 11 is 0. The molecule has 0 aliphatic carbocycles. The third-order valence-electron chi connectivity index (χ3n) is 2.66. The van der Waals surface area contributed by atoms with Gasteiger partial charge in [-0.2, -0.15) is 8.42 Å². The highest BCUT2D eigenvalue weighted by Crippen LogP contribution is 2.21. The van der Waals surface area contributed by atoms with Crippen LogP contribution in [-0.2, 0) is 10.0 Å². The lowest BCUT2D eigenvalue weighted by molar-refractivity contribution is 0.598. The second-order valence-electron chi connectivity index (χ2n) is 4.48. The van der Waals surface area contributed by atoms with Crippen LogP contribution < -0.4 is 16.0 Å². The number of hydrogen-bond acceptors (Lipinski definition) is 5. The SMILES string of the molecule is Cc1cc(C)cc(NS(=O)(=O)c2ncccc2NN)c1. The molecule has 7 heteroatoms. The molecule has 2 aromatic rings. The summed E-state index contributed by atoms with van der Waals surface area (Å²) in [5.41, 5.74) is 5.01. The highest BCUT2D eigenvalue weighted by Gasteiger charge is 2.20. The maximum Gasteiger partial charge on any atom is 0.281 e. The summed E-state index contributed by atoms with van der Waals surface area (Å²) < 4.78 is 27.2. The lowest BCUT2D eigenvalue weighted by atomic mass is 10.1. The quantitative estimate of drug-likeness (QED) is 0.589. The topological polar surface area (TPSA) is 97.1 Å². The molecule has 0 saturated carbocycles. The predicted molar refractivity (Wildman–Crippen MR) is 78.8 cm³/mol. The molecule has 6 nitrogen and oxygen atoms in total. The Labute approximate surface area is 118 Å². The first kappa shape index (κ1) is 14.3. The van der Waals surface area contributed by atoms with Crippen molar-refractivity contribution in [2.24, 2.45) is 5.84 Å². The van der Waals surface area contributed by atoms with Crippen molar-refractivity contribution in [2.75, 3.05) is 10.1 Å². The summed E-state index contributed by atoms with van der Waals surface area (Å²) in [5, 5.41) is -0.137. The number of hydrogen-bond donors (Lipinski definition) is 3. The van der Waals surface area contributed by atoms with Crippen molar-refractivity contribution < 1.29 is 8.42 Å². The lowest BCUT2D eigenvalue weighted by Gasteiger charge is -2.11. The molecule has 0 unspecified atom stereocenters. The molecular weight excluding hydrogens is 276 g/mol. The number of nitrogens with zero attached hydrogens (tertiary/aromatic N) is 1. The van der Waals surface area contributed by atoms with E-state index in [0.717, 1.165) is 11.1 Å². The van der Waals surface area contributed by atoms with Crippen molar-refractivity contribution >= 4 is 21.4 Å². The minimum atomic E-state index is -3.79. The van der Waals surface area contributed by atoms with E-state index in [1.807, 2.05) is 19.9 Å². The fraction of sp³-hybridized carbons (Fsp3) is 0.154. The van der Waals surface area contributed by atoms with Gasteiger partial charge in [0.1, 0.15) is 0 Å². The zero-order valence-electron chi connectivity index (χ0n) is 11.2. The van der Waals surface area contributed by atoms with Crippen molar-refractivity contribution in [2.45, 2.75) is 18.9 Å². The monoisotopic (exact) mass is 292 g/mol. The van der Waals surface area contributed by atoms with Crippen LogP contribution in [0.3, 0.4) is 0 Å². The van der Waals surface area contributed by atoms with Gasteiger partial charge in [0.2, 0.25) is 5.03 Å². The molecule has 0 aliphatic rings. The van der Waals surface area contributed by atoms with E-state index in [4.69, 9.17) is 5.84 Å². The molecule has 0 aliphatic heterocycles. The second-order valence-corrected chi connectivity index (χ2v) is 6.08. The average Bonchev–Trinajstić information content (AvgIpc) is 2.36. The molecule has 0 radical (unpaired) electrons. The highest BCUT2D eigenvalue weighted by atomic mass is 32.2. The van der Waals surface area contributed by atoms with Crippen LogP contribution in [0, 0.1) is 13.8 Å². The molecule has 0 spiro atoms. The van der Waals surface area contributed by atoms with Crippen molar-refractivity contribution in [3.8, 4) is 0 Å². The summed E-state index contributed by atoms with van der Waals surface area (Å²) in [7, 11) is -3.79. The smallest absolute Gasteiger partial charge is 0.281 e. The van der Waals surface area contributed by atoms with Gasteiger partial charge in [-0.1, -0.05) is 6.07 Å². The molecular formula is C13H16N4O2S. The number of pyridine rings is 1. The maximum atomic E-state index is 12.3.